The van der Waals surface area contributed by atoms with Crippen molar-refractivity contribution < 1.29 is 9.47 Å². The fourth-order valence-corrected chi connectivity index (χ4v) is 2.24. The summed E-state index contributed by atoms with van der Waals surface area (Å²) in [4.78, 5) is 2.57. The van der Waals surface area contributed by atoms with Gasteiger partial charge in [-0.2, -0.15) is 0 Å². The zero-order chi connectivity index (χ0) is 13.1. The second-order valence-corrected chi connectivity index (χ2v) is 5.31. The van der Waals surface area contributed by atoms with Crippen LogP contribution in [0, 0.1) is 0 Å². The van der Waals surface area contributed by atoms with E-state index in [-0.39, 0.29) is 0 Å². The maximum Gasteiger partial charge on any atom is 0.0544 e. The van der Waals surface area contributed by atoms with Gasteiger partial charge in [-0.3, -0.25) is 0 Å². The van der Waals surface area contributed by atoms with Crippen molar-refractivity contribution in [3.63, 3.8) is 0 Å². The molecular weight excluding hydrogens is 226 g/mol. The summed E-state index contributed by atoms with van der Waals surface area (Å²) in [6.07, 6.45) is 7.87. The van der Waals surface area contributed by atoms with Crippen LogP contribution in [0.5, 0.6) is 0 Å². The van der Waals surface area contributed by atoms with Crippen LogP contribution in [0.2, 0.25) is 0 Å². The fraction of sp³-hybridized carbons (Fsp3) is 1.00. The van der Waals surface area contributed by atoms with Gasteiger partial charge < -0.3 is 14.4 Å². The fourth-order valence-electron chi connectivity index (χ4n) is 2.24. The first-order chi connectivity index (χ1) is 8.83. The van der Waals surface area contributed by atoms with Crippen LogP contribution < -0.4 is 0 Å². The number of likely N-dealkylation sites (tertiary alicyclic amines) is 1. The lowest BCUT2D eigenvalue weighted by Gasteiger charge is -2.26. The molecule has 0 bridgehead atoms. The molecule has 0 saturated carbocycles. The Morgan fingerprint density at radius 3 is 2.44 bits per heavy atom. The molecule has 1 saturated heterocycles. The van der Waals surface area contributed by atoms with Gasteiger partial charge in [0.1, 0.15) is 0 Å². The average Bonchev–Trinajstić information content (AvgIpc) is 2.42. The first kappa shape index (κ1) is 15.9. The lowest BCUT2D eigenvalue weighted by Crippen LogP contribution is -2.31. The van der Waals surface area contributed by atoms with Crippen LogP contribution in [0.1, 0.15) is 52.4 Å². The topological polar surface area (TPSA) is 21.7 Å². The van der Waals surface area contributed by atoms with E-state index in [1.54, 1.807) is 0 Å². The van der Waals surface area contributed by atoms with Crippen molar-refractivity contribution in [3.8, 4) is 0 Å². The molecule has 1 atom stereocenters. The summed E-state index contributed by atoms with van der Waals surface area (Å²) in [6.45, 7) is 10.7. The Morgan fingerprint density at radius 1 is 1.00 bits per heavy atom. The Kier molecular flexibility index (Phi) is 9.54. The normalized spacial score (nSPS) is 19.0. The van der Waals surface area contributed by atoms with E-state index in [4.69, 9.17) is 9.47 Å². The number of rotatable bonds is 10. The third-order valence-corrected chi connectivity index (χ3v) is 3.62. The summed E-state index contributed by atoms with van der Waals surface area (Å²) in [5, 5.41) is 0. The van der Waals surface area contributed by atoms with Gasteiger partial charge in [-0.05, 0) is 52.1 Å². The molecule has 1 fully saturated rings. The van der Waals surface area contributed by atoms with Crippen molar-refractivity contribution in [2.75, 3.05) is 39.5 Å². The molecule has 0 radical (unpaired) electrons. The second kappa shape index (κ2) is 10.8. The lowest BCUT2D eigenvalue weighted by molar-refractivity contribution is 0.0392. The van der Waals surface area contributed by atoms with E-state index >= 15 is 0 Å². The summed E-state index contributed by atoms with van der Waals surface area (Å²) < 4.78 is 11.2. The predicted molar refractivity (Wildman–Crippen MR) is 76.0 cm³/mol. The van der Waals surface area contributed by atoms with Crippen LogP contribution in [0.3, 0.4) is 0 Å². The molecule has 1 aliphatic rings. The lowest BCUT2D eigenvalue weighted by atomic mass is 10.1. The molecule has 0 N–H and O–H groups in total. The molecule has 0 aliphatic carbocycles. The highest BCUT2D eigenvalue weighted by Crippen LogP contribution is 2.08. The summed E-state index contributed by atoms with van der Waals surface area (Å²) in [5.74, 6) is 0. The molecule has 0 spiro atoms. The van der Waals surface area contributed by atoms with Crippen LogP contribution in [0.25, 0.3) is 0 Å². The van der Waals surface area contributed by atoms with E-state index in [1.165, 1.54) is 45.3 Å². The van der Waals surface area contributed by atoms with E-state index < -0.39 is 0 Å². The highest BCUT2D eigenvalue weighted by atomic mass is 16.5. The van der Waals surface area contributed by atoms with Gasteiger partial charge >= 0.3 is 0 Å². The molecule has 1 aliphatic heterocycles. The molecule has 0 aromatic rings. The van der Waals surface area contributed by atoms with Crippen LogP contribution in [-0.4, -0.2) is 50.5 Å². The highest BCUT2D eigenvalue weighted by Gasteiger charge is 2.08. The van der Waals surface area contributed by atoms with Gasteiger partial charge in [0.25, 0.3) is 0 Å². The molecule has 108 valence electrons. The number of ether oxygens (including phenoxy) is 2. The zero-order valence-electron chi connectivity index (χ0n) is 12.3. The zero-order valence-corrected chi connectivity index (χ0v) is 12.3. The van der Waals surface area contributed by atoms with E-state index in [0.717, 1.165) is 32.7 Å². The largest absolute Gasteiger partial charge is 0.381 e. The van der Waals surface area contributed by atoms with Crippen LogP contribution >= 0.6 is 0 Å². The summed E-state index contributed by atoms with van der Waals surface area (Å²) >= 11 is 0. The molecule has 3 nitrogen and oxygen atoms in total. The van der Waals surface area contributed by atoms with Crippen LogP contribution in [0.15, 0.2) is 0 Å². The van der Waals surface area contributed by atoms with E-state index in [1.807, 2.05) is 0 Å². The molecule has 1 unspecified atom stereocenters. The van der Waals surface area contributed by atoms with Gasteiger partial charge in [-0.25, -0.2) is 0 Å². The molecule has 3 heteroatoms. The molecule has 18 heavy (non-hydrogen) atoms. The van der Waals surface area contributed by atoms with Gasteiger partial charge in [0.15, 0.2) is 0 Å². The minimum Gasteiger partial charge on any atom is -0.381 e. The van der Waals surface area contributed by atoms with E-state index in [9.17, 15) is 0 Å². The predicted octanol–water partition coefficient (Wildman–Crippen LogP) is 3.08. The first-order valence-corrected chi connectivity index (χ1v) is 7.74. The maximum absolute atomic E-state index is 5.63. The third kappa shape index (κ3) is 8.06. The Morgan fingerprint density at radius 2 is 1.72 bits per heavy atom. The van der Waals surface area contributed by atoms with Gasteiger partial charge in [-0.15, -0.1) is 0 Å². The van der Waals surface area contributed by atoms with Crippen molar-refractivity contribution >= 4 is 0 Å². The number of nitrogens with zero attached hydrogens (tertiary/aromatic N) is 1. The Bertz CT molecular complexity index is 181. The van der Waals surface area contributed by atoms with Crippen molar-refractivity contribution in [2.45, 2.75) is 58.5 Å². The Balaban J connectivity index is 1.78. The summed E-state index contributed by atoms with van der Waals surface area (Å²) in [7, 11) is 0. The van der Waals surface area contributed by atoms with Crippen molar-refractivity contribution in [1.82, 2.24) is 4.90 Å². The van der Waals surface area contributed by atoms with Gasteiger partial charge in [0, 0.05) is 26.4 Å². The minimum absolute atomic E-state index is 0.393. The molecular formula is C15H31NO2. The van der Waals surface area contributed by atoms with Crippen molar-refractivity contribution in [3.05, 3.63) is 0 Å². The highest BCUT2D eigenvalue weighted by molar-refractivity contribution is 4.63. The van der Waals surface area contributed by atoms with Crippen molar-refractivity contribution in [2.24, 2.45) is 0 Å². The number of hydrogen-bond donors (Lipinski definition) is 0. The summed E-state index contributed by atoms with van der Waals surface area (Å²) in [5.41, 5.74) is 0. The Labute approximate surface area is 113 Å². The molecule has 0 amide bonds. The van der Waals surface area contributed by atoms with E-state index in [0.29, 0.717) is 6.10 Å². The van der Waals surface area contributed by atoms with E-state index in [2.05, 4.69) is 18.7 Å². The third-order valence-electron chi connectivity index (χ3n) is 3.62. The monoisotopic (exact) mass is 257 g/mol. The smallest absolute Gasteiger partial charge is 0.0544 e. The molecule has 0 aromatic carbocycles. The van der Waals surface area contributed by atoms with Gasteiger partial charge in [0.2, 0.25) is 0 Å². The summed E-state index contributed by atoms with van der Waals surface area (Å²) in [6, 6.07) is 0. The average molecular weight is 257 g/mol. The first-order valence-electron chi connectivity index (χ1n) is 7.74. The minimum atomic E-state index is 0.393. The number of hydrogen-bond acceptors (Lipinski definition) is 3. The molecule has 0 aromatic heterocycles. The maximum atomic E-state index is 5.63. The van der Waals surface area contributed by atoms with Crippen LogP contribution in [-0.2, 0) is 9.47 Å². The van der Waals surface area contributed by atoms with Crippen LogP contribution in [0.4, 0.5) is 0 Å². The SMILES string of the molecule is CCC(C)OCCCOCCCN1CCCCC1. The van der Waals surface area contributed by atoms with Gasteiger partial charge in [0.05, 0.1) is 6.10 Å². The Hall–Kier alpha value is -0.120. The van der Waals surface area contributed by atoms with Gasteiger partial charge in [-0.1, -0.05) is 13.3 Å². The number of piperidine rings is 1. The second-order valence-electron chi connectivity index (χ2n) is 5.31. The quantitative estimate of drug-likeness (QED) is 0.561. The molecule has 1 rings (SSSR count). The van der Waals surface area contributed by atoms with Crippen molar-refractivity contribution in [1.29, 1.82) is 0 Å². The standard InChI is InChI=1S/C15H31NO2/c1-3-15(2)18-14-8-13-17-12-7-11-16-9-5-4-6-10-16/h15H,3-14H2,1-2H3. The molecule has 1 heterocycles.